The Hall–Kier alpha value is -10.7. The first kappa shape index (κ1) is 84.1. The molecule has 4 aliphatic carbocycles. The van der Waals surface area contributed by atoms with E-state index in [0.717, 1.165) is 162 Å². The topological polar surface area (TPSA) is 389 Å². The molecule has 10 aromatic heterocycles. The summed E-state index contributed by atoms with van der Waals surface area (Å²) in [5.74, 6) is 2.45. The zero-order valence-electron chi connectivity index (χ0n) is 69.4. The van der Waals surface area contributed by atoms with Gasteiger partial charge in [0.2, 0.25) is 0 Å². The Morgan fingerprint density at radius 3 is 1.36 bits per heavy atom. The van der Waals surface area contributed by atoms with Gasteiger partial charge in [-0.1, -0.05) is 16.8 Å². The van der Waals surface area contributed by atoms with Crippen LogP contribution in [-0.2, 0) is 52.5 Å². The minimum absolute atomic E-state index is 0.177. The number of nitrogens with zero attached hydrogens (tertiary/aromatic N) is 13. The summed E-state index contributed by atoms with van der Waals surface area (Å²) in [5, 5.41) is 111. The molecule has 646 valence electrons. The number of fused-ring (bicyclic) bond motifs is 7. The number of nitrogens with one attached hydrogen (secondary N) is 3. The van der Waals surface area contributed by atoms with Crippen LogP contribution in [0, 0.1) is 40.4 Å². The van der Waals surface area contributed by atoms with E-state index in [9.17, 15) is 45.2 Å². The first-order valence-corrected chi connectivity index (χ1v) is 43.5. The van der Waals surface area contributed by atoms with Crippen LogP contribution < -0.4 is 40.6 Å². The summed E-state index contributed by atoms with van der Waals surface area (Å²) in [4.78, 5) is 26.5. The predicted octanol–water partition coefficient (Wildman–Crippen LogP) is 9.65. The van der Waals surface area contributed by atoms with E-state index >= 15 is 0 Å². The summed E-state index contributed by atoms with van der Waals surface area (Å²) < 4.78 is 49.2. The Morgan fingerprint density at radius 1 is 0.468 bits per heavy atom. The van der Waals surface area contributed by atoms with Crippen LogP contribution in [0.3, 0.4) is 0 Å². The van der Waals surface area contributed by atoms with Gasteiger partial charge in [-0.2, -0.15) is 0 Å². The maximum Gasteiger partial charge on any atom is 0.143 e. The van der Waals surface area contributed by atoms with Crippen molar-refractivity contribution in [1.29, 1.82) is 0 Å². The number of halogens is 2. The van der Waals surface area contributed by atoms with Crippen LogP contribution in [-0.4, -0.2) is 197 Å². The number of ether oxygens (including phenoxy) is 4. The largest absolute Gasteiger partial charge is 0.487 e. The van der Waals surface area contributed by atoms with Gasteiger partial charge in [0, 0.05) is 168 Å². The van der Waals surface area contributed by atoms with Gasteiger partial charge in [-0.05, 0) is 203 Å². The van der Waals surface area contributed by atoms with E-state index in [2.05, 4.69) is 68.3 Å². The third-order valence-corrected chi connectivity index (χ3v) is 26.8. The van der Waals surface area contributed by atoms with E-state index in [4.69, 9.17) is 36.3 Å². The molecular weight excluding hydrogens is 1620 g/mol. The van der Waals surface area contributed by atoms with E-state index < -0.39 is 73.2 Å². The molecule has 0 saturated heterocycles. The Labute approximate surface area is 722 Å². The third kappa shape index (κ3) is 16.1. The third-order valence-electron chi connectivity index (χ3n) is 26.0. The summed E-state index contributed by atoms with van der Waals surface area (Å²) in [6.45, 7) is 14.5. The van der Waals surface area contributed by atoms with E-state index in [1.165, 1.54) is 17.5 Å². The molecule has 0 spiro atoms. The van der Waals surface area contributed by atoms with Gasteiger partial charge in [-0.3, -0.25) is 0 Å². The van der Waals surface area contributed by atoms with Gasteiger partial charge in [-0.15, -0.1) is 16.4 Å². The van der Waals surface area contributed by atoms with Gasteiger partial charge < -0.3 is 99.8 Å². The van der Waals surface area contributed by atoms with Crippen LogP contribution in [0.15, 0.2) is 158 Å². The number of aromatic nitrogens is 13. The number of thiazole rings is 1. The second-order valence-electron chi connectivity index (χ2n) is 33.5. The minimum Gasteiger partial charge on any atom is -0.487 e. The summed E-state index contributed by atoms with van der Waals surface area (Å²) in [7, 11) is 1.86. The van der Waals surface area contributed by atoms with Crippen molar-refractivity contribution >= 4 is 67.1 Å². The molecule has 0 radical (unpaired) electrons. The number of aryl methyl sites for hydroxylation is 6. The Kier molecular flexibility index (Phi) is 24.0. The molecule has 7 aliphatic rings. The monoisotopic (exact) mass is 1720 g/mol. The molecule has 0 amide bonds. The molecule has 13 N–H and O–H groups in total. The molecule has 16 atom stereocenters. The number of nitrogens with two attached hydrogens (primary N) is 1. The number of hydrogen-bond acceptors (Lipinski definition) is 25. The smallest absolute Gasteiger partial charge is 0.143 e. The average molecular weight is 1720 g/mol. The zero-order valence-corrected chi connectivity index (χ0v) is 71.0. The van der Waals surface area contributed by atoms with E-state index in [1.807, 2.05) is 143 Å². The SMILES string of the molecule is Cc1cc(O[C@H]2C[C@@H](n3ccc4c(C)ccnc43)[C@H](O)[C@@H]2O)c2c(c1F)CCNC2.Cc1ccnc2c1ccn2[C@@H]1C[C@H](Oc2cc(-c3cnnn3C)cc3c2CNCC3)[C@@H](O)[C@H]1O.Cc1ccnc2c1ccn2[C@@H]1C[C@H](Oc2cc(-c3cscn3)cc3c2CNCC3)[C@@H](O)[C@H]1O.Cc1ncnc2c1ccn2[C@@H]1C[C@H](Oc2ccc(Cl)cc2CN)[C@@H](O)[C@H]1O. The van der Waals surface area contributed by atoms with Gasteiger partial charge in [0.25, 0.3) is 0 Å². The van der Waals surface area contributed by atoms with E-state index in [0.29, 0.717) is 72.8 Å². The van der Waals surface area contributed by atoms with Gasteiger partial charge in [0.05, 0.1) is 53.0 Å². The maximum absolute atomic E-state index is 14.6. The first-order valence-electron chi connectivity index (χ1n) is 42.2. The van der Waals surface area contributed by atoms with E-state index in [-0.39, 0.29) is 36.5 Å². The normalized spacial score (nSPS) is 25.1. The quantitative estimate of drug-likeness (QED) is 0.0454. The van der Waals surface area contributed by atoms with Crippen molar-refractivity contribution in [2.24, 2.45) is 12.8 Å². The van der Waals surface area contributed by atoms with Crippen molar-refractivity contribution in [1.82, 2.24) is 79.1 Å². The summed E-state index contributed by atoms with van der Waals surface area (Å²) in [6.07, 6.45) is 10.3. The molecule has 0 bridgehead atoms. The van der Waals surface area contributed by atoms with Gasteiger partial charge >= 0.3 is 0 Å². The molecule has 124 heavy (non-hydrogen) atoms. The van der Waals surface area contributed by atoms with Crippen LogP contribution in [0.25, 0.3) is 66.6 Å². The fraction of sp³-hybridized carbons (Fsp3) is 0.391. The maximum atomic E-state index is 14.6. The summed E-state index contributed by atoms with van der Waals surface area (Å²) in [5.41, 5.74) is 26.3. The van der Waals surface area contributed by atoms with E-state index in [1.54, 1.807) is 72.0 Å². The second kappa shape index (κ2) is 35.4. The highest BCUT2D eigenvalue weighted by molar-refractivity contribution is 7.07. The molecule has 4 aromatic carbocycles. The Morgan fingerprint density at radius 2 is 0.903 bits per heavy atom. The van der Waals surface area contributed by atoms with Crippen molar-refractivity contribution in [3.05, 3.63) is 236 Å². The van der Waals surface area contributed by atoms with Crippen molar-refractivity contribution in [3.8, 4) is 45.5 Å². The number of aliphatic hydroxyl groups excluding tert-OH is 8. The molecule has 4 saturated carbocycles. The molecule has 3 aliphatic heterocycles. The van der Waals surface area contributed by atoms with Crippen LogP contribution in [0.1, 0.15) is 117 Å². The number of hydrogen-bond donors (Lipinski definition) is 12. The highest BCUT2D eigenvalue weighted by Crippen LogP contribution is 2.45. The summed E-state index contributed by atoms with van der Waals surface area (Å²) in [6, 6.07) is 27.7. The van der Waals surface area contributed by atoms with Crippen molar-refractivity contribution in [3.63, 3.8) is 0 Å². The molecule has 32 heteroatoms. The fourth-order valence-electron chi connectivity index (χ4n) is 19.1. The summed E-state index contributed by atoms with van der Waals surface area (Å²) >= 11 is 7.57. The predicted molar refractivity (Wildman–Crippen MR) is 467 cm³/mol. The van der Waals surface area contributed by atoms with Crippen LogP contribution >= 0.6 is 22.9 Å². The molecule has 21 rings (SSSR count). The highest BCUT2D eigenvalue weighted by atomic mass is 35.5. The lowest BCUT2D eigenvalue weighted by Gasteiger charge is -2.25. The lowest BCUT2D eigenvalue weighted by atomic mass is 9.96. The number of aliphatic hydroxyl groups is 8. The van der Waals surface area contributed by atoms with Crippen molar-refractivity contribution in [2.75, 3.05) is 19.6 Å². The molecule has 0 unspecified atom stereocenters. The average Bonchev–Trinajstić information content (AvgIpc) is 1.61. The molecule has 4 fully saturated rings. The zero-order chi connectivity index (χ0) is 86.0. The first-order chi connectivity index (χ1) is 60.0. The van der Waals surface area contributed by atoms with Crippen molar-refractivity contribution in [2.45, 2.75) is 203 Å². The molecule has 13 heterocycles. The van der Waals surface area contributed by atoms with Gasteiger partial charge in [0.1, 0.15) is 131 Å². The van der Waals surface area contributed by atoms with Crippen LogP contribution in [0.5, 0.6) is 23.0 Å². The Bertz CT molecular complexity index is 6240. The number of pyridine rings is 3. The highest BCUT2D eigenvalue weighted by Gasteiger charge is 2.49. The van der Waals surface area contributed by atoms with Gasteiger partial charge in [-0.25, -0.2) is 39.0 Å². The lowest BCUT2D eigenvalue weighted by molar-refractivity contribution is -0.0167. The Balaban J connectivity index is 0.000000113. The number of rotatable bonds is 15. The molecule has 29 nitrogen and oxygen atoms in total. The fourth-order valence-corrected chi connectivity index (χ4v) is 19.8. The molecular formula is C92H101ClFN17O12S. The second-order valence-corrected chi connectivity index (χ2v) is 34.6. The lowest BCUT2D eigenvalue weighted by Crippen LogP contribution is -2.35. The van der Waals surface area contributed by atoms with Crippen LogP contribution in [0.4, 0.5) is 4.39 Å². The van der Waals surface area contributed by atoms with Crippen LogP contribution in [0.2, 0.25) is 5.02 Å². The van der Waals surface area contributed by atoms with Gasteiger partial charge in [0.15, 0.2) is 0 Å². The number of benzene rings is 4. The minimum atomic E-state index is -1.05. The molecule has 14 aromatic rings. The van der Waals surface area contributed by atoms with Crippen molar-refractivity contribution < 1.29 is 64.2 Å². The standard InChI is InChI=1S/C25H28N6O3.C25H26N4O3S.C23H26FN3O3.C19H21ClN4O3/c1-14-3-7-27-25-17(14)5-8-31(25)19-11-22(24(33)23(19)32)34-21-10-16(20-13-28-29-30(20)2)9-15-4-6-26-12-18(15)21;1-14-2-6-27-25-17(14)4-7-29(25)20-10-22(24(31)23(20)30)32-21-9-16(19-12-33-13-28-19)8-15-3-5-26-11-18(15)21;1-12-3-7-26-23-14(12)5-8-27(23)17-10-19(22(29)21(17)28)30-18-9-13(2)20(24)15-4-6-25-11-16(15)18;1-10-13-4-5-24(19(13)23-9-22-10)14-7-16(18(26)17(14)25)27-15-3-2-12(20)6-11(15)8-21/h3,5,7-10,13,19,22-24,26,32-33H,4,6,11-12H2,1-2H3;2,4,6-9,12-13,20,22-24,26,30-31H,3,5,10-11H2,1H3;3,5,7-9,17,19,21-22,25,28-29H,4,6,10-11H2,1-2H3;2-6,9,14,16-18,25-26H,7-8,21H2,1H3/t19-,22+,23+,24-;20-,22+,23+,24-;17-,19+,21+,22-;14-,16+,17+,18-/m1111/s1.